The van der Waals surface area contributed by atoms with Gasteiger partial charge in [-0.2, -0.15) is 23.4 Å². The third-order valence-corrected chi connectivity index (χ3v) is 8.14. The SMILES string of the molecule is CCn1ncc(-c2ccnc3cc(C(=O)Nc4c(C(N)=O)sc5nc(C(F)(F)F)cc(-c6ccc(C)cc6)c45)nn23)c1C. The molecule has 0 atom stereocenters. The lowest BCUT2D eigenvalue weighted by molar-refractivity contribution is -0.140. The summed E-state index contributed by atoms with van der Waals surface area (Å²) in [5.41, 5.74) is 8.65. The summed E-state index contributed by atoms with van der Waals surface area (Å²) in [6.07, 6.45) is -1.45. The summed E-state index contributed by atoms with van der Waals surface area (Å²) in [7, 11) is 0. The molecule has 0 unspecified atom stereocenters. The molecule has 1 aromatic carbocycles. The van der Waals surface area contributed by atoms with Gasteiger partial charge >= 0.3 is 6.18 Å². The third kappa shape index (κ3) is 4.88. The number of thiophene rings is 1. The number of aromatic nitrogens is 6. The molecule has 3 N–H and O–H groups in total. The first-order valence-corrected chi connectivity index (χ1v) is 13.9. The van der Waals surface area contributed by atoms with Gasteiger partial charge in [-0.3, -0.25) is 14.3 Å². The van der Waals surface area contributed by atoms with Crippen molar-refractivity contribution in [1.29, 1.82) is 0 Å². The van der Waals surface area contributed by atoms with Gasteiger partial charge in [0.05, 0.1) is 17.6 Å². The van der Waals surface area contributed by atoms with Gasteiger partial charge in [0.15, 0.2) is 11.3 Å². The van der Waals surface area contributed by atoms with Crippen LogP contribution in [0, 0.1) is 13.8 Å². The largest absolute Gasteiger partial charge is 0.433 e. The van der Waals surface area contributed by atoms with Crippen LogP contribution in [0.2, 0.25) is 0 Å². The summed E-state index contributed by atoms with van der Waals surface area (Å²) in [5, 5.41) is 11.7. The van der Waals surface area contributed by atoms with Crippen molar-refractivity contribution in [2.24, 2.45) is 5.73 Å². The lowest BCUT2D eigenvalue weighted by Gasteiger charge is -2.12. The van der Waals surface area contributed by atoms with Gasteiger partial charge in [0.1, 0.15) is 15.4 Å². The Morgan fingerprint density at radius 3 is 2.47 bits per heavy atom. The minimum Gasteiger partial charge on any atom is -0.365 e. The Morgan fingerprint density at radius 2 is 1.81 bits per heavy atom. The number of halogens is 3. The Balaban J connectivity index is 1.49. The van der Waals surface area contributed by atoms with Crippen LogP contribution in [0.1, 0.15) is 44.0 Å². The zero-order chi connectivity index (χ0) is 30.6. The molecule has 10 nitrogen and oxygen atoms in total. The fourth-order valence-corrected chi connectivity index (χ4v) is 5.91. The van der Waals surface area contributed by atoms with Gasteiger partial charge in [-0.1, -0.05) is 29.8 Å². The second kappa shape index (κ2) is 10.3. The molecule has 0 bridgehead atoms. The average molecular weight is 605 g/mol. The maximum absolute atomic E-state index is 13.8. The van der Waals surface area contributed by atoms with Crippen LogP contribution in [0.25, 0.3) is 38.2 Å². The number of carbonyl (C=O) groups is 2. The number of benzene rings is 1. The average Bonchev–Trinajstić information content (AvgIpc) is 3.67. The first kappa shape index (κ1) is 28.0. The fraction of sp³-hybridized carbons (Fsp3) is 0.172. The molecule has 6 rings (SSSR count). The van der Waals surface area contributed by atoms with E-state index in [9.17, 15) is 22.8 Å². The molecule has 0 fully saturated rings. The minimum absolute atomic E-state index is 0.0352. The minimum atomic E-state index is -4.75. The molecular formula is C29H23F3N8O2S. The van der Waals surface area contributed by atoms with Crippen LogP contribution in [-0.2, 0) is 12.7 Å². The maximum Gasteiger partial charge on any atom is 0.433 e. The number of nitrogens with zero attached hydrogens (tertiary/aromatic N) is 6. The summed E-state index contributed by atoms with van der Waals surface area (Å²) >= 11 is 0.675. The molecule has 6 aromatic rings. The number of rotatable bonds is 6. The Morgan fingerprint density at radius 1 is 1.07 bits per heavy atom. The number of primary amides is 1. The Kier molecular flexibility index (Phi) is 6.72. The predicted molar refractivity (Wildman–Crippen MR) is 156 cm³/mol. The molecule has 2 amide bonds. The van der Waals surface area contributed by atoms with Crippen LogP contribution in [-0.4, -0.2) is 41.2 Å². The monoisotopic (exact) mass is 604 g/mol. The number of hydrogen-bond acceptors (Lipinski definition) is 7. The maximum atomic E-state index is 13.8. The van der Waals surface area contributed by atoms with Crippen LogP contribution in [0.15, 0.2) is 54.9 Å². The van der Waals surface area contributed by atoms with Gasteiger partial charge in [0.25, 0.3) is 11.8 Å². The van der Waals surface area contributed by atoms with E-state index < -0.39 is 23.7 Å². The number of amides is 2. The highest BCUT2D eigenvalue weighted by Crippen LogP contribution is 2.44. The molecule has 5 aromatic heterocycles. The van der Waals surface area contributed by atoms with E-state index in [2.05, 4.69) is 25.5 Å². The van der Waals surface area contributed by atoms with Gasteiger partial charge in [0.2, 0.25) is 0 Å². The van der Waals surface area contributed by atoms with Crippen molar-refractivity contribution < 1.29 is 22.8 Å². The number of nitrogens with one attached hydrogen (secondary N) is 1. The summed E-state index contributed by atoms with van der Waals surface area (Å²) in [4.78, 5) is 33.9. The molecule has 0 aliphatic rings. The Labute approximate surface area is 246 Å². The summed E-state index contributed by atoms with van der Waals surface area (Å²) in [5.74, 6) is -1.64. The molecule has 0 radical (unpaired) electrons. The topological polar surface area (TPSA) is 133 Å². The zero-order valence-corrected chi connectivity index (χ0v) is 23.8. The van der Waals surface area contributed by atoms with Crippen LogP contribution in [0.4, 0.5) is 18.9 Å². The molecule has 0 aliphatic heterocycles. The molecule has 14 heteroatoms. The molecule has 0 saturated heterocycles. The molecule has 218 valence electrons. The quantitative estimate of drug-likeness (QED) is 0.244. The van der Waals surface area contributed by atoms with Crippen molar-refractivity contribution in [2.75, 3.05) is 5.32 Å². The lowest BCUT2D eigenvalue weighted by Crippen LogP contribution is -2.17. The number of alkyl halides is 3. The number of hydrogen-bond donors (Lipinski definition) is 2. The van der Waals surface area contributed by atoms with Crippen molar-refractivity contribution in [2.45, 2.75) is 33.5 Å². The van der Waals surface area contributed by atoms with E-state index in [4.69, 9.17) is 5.73 Å². The van der Waals surface area contributed by atoms with Gasteiger partial charge in [-0.25, -0.2) is 14.5 Å². The predicted octanol–water partition coefficient (Wildman–Crippen LogP) is 5.88. The molecule has 0 aliphatic carbocycles. The number of nitrogens with two attached hydrogens (primary N) is 1. The molecular weight excluding hydrogens is 581 g/mol. The molecule has 43 heavy (non-hydrogen) atoms. The smallest absolute Gasteiger partial charge is 0.365 e. The van der Waals surface area contributed by atoms with Crippen molar-refractivity contribution in [3.05, 3.63) is 82.4 Å². The number of pyridine rings is 1. The highest BCUT2D eigenvalue weighted by atomic mass is 32.1. The van der Waals surface area contributed by atoms with Gasteiger partial charge in [-0.05, 0) is 44.0 Å². The van der Waals surface area contributed by atoms with Crippen molar-refractivity contribution in [1.82, 2.24) is 29.4 Å². The molecule has 5 heterocycles. The van der Waals surface area contributed by atoms with E-state index in [0.29, 0.717) is 34.8 Å². The first-order chi connectivity index (χ1) is 20.5. The Bertz CT molecular complexity index is 2060. The first-order valence-electron chi connectivity index (χ1n) is 13.1. The summed E-state index contributed by atoms with van der Waals surface area (Å²) in [6.45, 7) is 6.42. The summed E-state index contributed by atoms with van der Waals surface area (Å²) < 4.78 is 44.8. The highest BCUT2D eigenvalue weighted by molar-refractivity contribution is 7.21. The van der Waals surface area contributed by atoms with Crippen LogP contribution in [0.3, 0.4) is 0 Å². The highest BCUT2D eigenvalue weighted by Gasteiger charge is 2.35. The standard InChI is InChI=1S/C29H23F3N8O2S/c1-4-39-15(3)18(13-35-39)20-9-10-34-22-12-19(38-40(20)22)27(42)37-24-23-17(16-7-5-14(2)6-8-16)11-21(29(30,31)32)36-28(23)43-25(24)26(33)41/h5-13H,4H2,1-3H3,(H2,33,41)(H,37,42). The molecule has 0 spiro atoms. The number of aryl methyl sites for hydroxylation is 2. The van der Waals surface area contributed by atoms with E-state index in [0.717, 1.165) is 22.9 Å². The number of carbonyl (C=O) groups excluding carboxylic acids is 2. The second-order valence-corrected chi connectivity index (χ2v) is 10.8. The van der Waals surface area contributed by atoms with Gasteiger partial charge in [-0.15, -0.1) is 11.3 Å². The van der Waals surface area contributed by atoms with Crippen molar-refractivity contribution in [3.63, 3.8) is 0 Å². The summed E-state index contributed by atoms with van der Waals surface area (Å²) in [6, 6.07) is 11.0. The van der Waals surface area contributed by atoms with Gasteiger partial charge in [0, 0.05) is 35.5 Å². The van der Waals surface area contributed by atoms with Crippen LogP contribution < -0.4 is 11.1 Å². The number of anilines is 1. The zero-order valence-electron chi connectivity index (χ0n) is 23.0. The number of fused-ring (bicyclic) bond motifs is 2. The van der Waals surface area contributed by atoms with Crippen LogP contribution in [0.5, 0.6) is 0 Å². The Hall–Kier alpha value is -5.11. The van der Waals surface area contributed by atoms with E-state index in [1.54, 1.807) is 42.7 Å². The van der Waals surface area contributed by atoms with Crippen LogP contribution >= 0.6 is 11.3 Å². The molecule has 0 saturated carbocycles. The third-order valence-electron chi connectivity index (χ3n) is 7.05. The van der Waals surface area contributed by atoms with E-state index in [1.165, 1.54) is 10.6 Å². The lowest BCUT2D eigenvalue weighted by atomic mass is 10.00. The normalized spacial score (nSPS) is 11.9. The van der Waals surface area contributed by atoms with Crippen molar-refractivity contribution >= 4 is 44.7 Å². The van der Waals surface area contributed by atoms with Crippen molar-refractivity contribution in [3.8, 4) is 22.4 Å². The van der Waals surface area contributed by atoms with Gasteiger partial charge < -0.3 is 11.1 Å². The van der Waals surface area contributed by atoms with E-state index >= 15 is 0 Å². The van der Waals surface area contributed by atoms with E-state index in [1.807, 2.05) is 25.5 Å². The second-order valence-electron chi connectivity index (χ2n) is 9.81. The van der Waals surface area contributed by atoms with E-state index in [-0.39, 0.29) is 32.0 Å². The fourth-order valence-electron chi connectivity index (χ4n) is 4.90.